The minimum atomic E-state index is -0.124. The molecule has 1 aromatic heterocycles. The molecule has 3 rings (SSSR count). The van der Waals surface area contributed by atoms with Gasteiger partial charge in [0.25, 0.3) is 0 Å². The molecule has 0 fully saturated rings. The Labute approximate surface area is 132 Å². The quantitative estimate of drug-likeness (QED) is 0.529. The van der Waals surface area contributed by atoms with Crippen molar-refractivity contribution in [3.05, 3.63) is 60.4 Å². The second-order valence-electron chi connectivity index (χ2n) is 5.03. The van der Waals surface area contributed by atoms with E-state index in [4.69, 9.17) is 9.15 Å². The highest BCUT2D eigenvalue weighted by atomic mass is 32.2. The molecule has 0 radical (unpaired) electrons. The van der Waals surface area contributed by atoms with Gasteiger partial charge in [0, 0.05) is 27.9 Å². The van der Waals surface area contributed by atoms with Crippen LogP contribution in [0.4, 0.5) is 0 Å². The summed E-state index contributed by atoms with van der Waals surface area (Å²) in [6, 6.07) is 15.5. The average Bonchev–Trinajstić information content (AvgIpc) is 3.02. The van der Waals surface area contributed by atoms with Crippen LogP contribution in [0.25, 0.3) is 11.0 Å². The first kappa shape index (κ1) is 14.7. The van der Waals surface area contributed by atoms with Gasteiger partial charge in [-0.15, -0.1) is 0 Å². The van der Waals surface area contributed by atoms with Crippen LogP contribution in [-0.2, 0) is 10.9 Å². The number of carbonyl (C=O) groups is 1. The van der Waals surface area contributed by atoms with Gasteiger partial charge in [-0.2, -0.15) is 0 Å². The molecule has 3 nitrogen and oxygen atoms in total. The van der Waals surface area contributed by atoms with Gasteiger partial charge in [-0.25, -0.2) is 0 Å². The molecule has 0 aliphatic rings. The third kappa shape index (κ3) is 2.88. The molecule has 1 heterocycles. The van der Waals surface area contributed by atoms with Gasteiger partial charge in [0.15, 0.2) is 10.6 Å². The van der Waals surface area contributed by atoms with E-state index in [0.29, 0.717) is 22.6 Å². The standard InChI is InChI=1S/C18H17O3S/c1-20-13-10-16(15-8-9-21-18(15)11-13)17(19)12-22(2)14-6-4-3-5-7-14/h3-11H,12H2,1-2H3/q+1. The lowest BCUT2D eigenvalue weighted by Gasteiger charge is -2.06. The summed E-state index contributed by atoms with van der Waals surface area (Å²) in [5, 5.41) is 0.843. The van der Waals surface area contributed by atoms with Crippen molar-refractivity contribution in [1.29, 1.82) is 0 Å². The molecule has 22 heavy (non-hydrogen) atoms. The Morgan fingerprint density at radius 3 is 2.68 bits per heavy atom. The van der Waals surface area contributed by atoms with E-state index in [2.05, 4.69) is 18.4 Å². The van der Waals surface area contributed by atoms with Crippen LogP contribution in [-0.4, -0.2) is 24.9 Å². The van der Waals surface area contributed by atoms with Crippen LogP contribution < -0.4 is 4.74 Å². The van der Waals surface area contributed by atoms with Gasteiger partial charge in [0.05, 0.1) is 13.4 Å². The van der Waals surface area contributed by atoms with Crippen molar-refractivity contribution in [3.63, 3.8) is 0 Å². The Kier molecular flexibility index (Phi) is 4.20. The predicted octanol–water partition coefficient (Wildman–Crippen LogP) is 3.93. The molecule has 0 aliphatic heterocycles. The van der Waals surface area contributed by atoms with Crippen LogP contribution >= 0.6 is 0 Å². The zero-order valence-corrected chi connectivity index (χ0v) is 13.4. The number of hydrogen-bond donors (Lipinski definition) is 0. The summed E-state index contributed by atoms with van der Waals surface area (Å²) in [6.07, 6.45) is 3.70. The van der Waals surface area contributed by atoms with Crippen molar-refractivity contribution in [2.45, 2.75) is 4.90 Å². The van der Waals surface area contributed by atoms with Crippen molar-refractivity contribution in [1.82, 2.24) is 0 Å². The van der Waals surface area contributed by atoms with E-state index in [0.717, 1.165) is 5.39 Å². The third-order valence-corrected chi connectivity index (χ3v) is 5.35. The molecule has 0 saturated heterocycles. The number of ketones is 1. The molecular formula is C18H17O3S+. The average molecular weight is 313 g/mol. The summed E-state index contributed by atoms with van der Waals surface area (Å²) in [5.74, 6) is 1.23. The van der Waals surface area contributed by atoms with Crippen LogP contribution in [0.15, 0.2) is 64.1 Å². The fraction of sp³-hybridized carbons (Fsp3) is 0.167. The SMILES string of the molecule is COc1cc(C(=O)C[S+](C)c2ccccc2)c2ccoc2c1. The zero-order valence-electron chi connectivity index (χ0n) is 12.5. The number of carbonyl (C=O) groups excluding carboxylic acids is 1. The van der Waals surface area contributed by atoms with Gasteiger partial charge in [-0.1, -0.05) is 18.2 Å². The molecule has 1 unspecified atom stereocenters. The maximum Gasteiger partial charge on any atom is 0.213 e. The van der Waals surface area contributed by atoms with Crippen LogP contribution in [0.1, 0.15) is 10.4 Å². The normalized spacial score (nSPS) is 12.3. The highest BCUT2D eigenvalue weighted by molar-refractivity contribution is 7.96. The fourth-order valence-electron chi connectivity index (χ4n) is 2.41. The topological polar surface area (TPSA) is 39.4 Å². The number of rotatable bonds is 5. The second-order valence-corrected chi connectivity index (χ2v) is 7.06. The van der Waals surface area contributed by atoms with E-state index in [1.165, 1.54) is 4.90 Å². The first-order valence-corrected chi connectivity index (χ1v) is 8.75. The molecule has 3 aromatic rings. The number of fused-ring (bicyclic) bond motifs is 1. The van der Waals surface area contributed by atoms with Crippen LogP contribution in [0.3, 0.4) is 0 Å². The van der Waals surface area contributed by atoms with Crippen molar-refractivity contribution in [2.24, 2.45) is 0 Å². The van der Waals surface area contributed by atoms with Gasteiger partial charge in [-0.3, -0.25) is 4.79 Å². The maximum absolute atomic E-state index is 12.7. The number of Topliss-reactive ketones (excluding diaryl/α,β-unsaturated/α-hetero) is 1. The Morgan fingerprint density at radius 2 is 1.95 bits per heavy atom. The minimum absolute atomic E-state index is 0.111. The van der Waals surface area contributed by atoms with Crippen molar-refractivity contribution < 1.29 is 13.9 Å². The number of ether oxygens (including phenoxy) is 1. The van der Waals surface area contributed by atoms with Crippen molar-refractivity contribution in [2.75, 3.05) is 19.1 Å². The summed E-state index contributed by atoms with van der Waals surface area (Å²) in [6.45, 7) is 0. The lowest BCUT2D eigenvalue weighted by molar-refractivity contribution is 0.102. The smallest absolute Gasteiger partial charge is 0.213 e. The van der Waals surface area contributed by atoms with Crippen molar-refractivity contribution in [3.8, 4) is 5.75 Å². The van der Waals surface area contributed by atoms with Crippen LogP contribution in [0.5, 0.6) is 5.75 Å². The van der Waals surface area contributed by atoms with Gasteiger partial charge >= 0.3 is 0 Å². The Morgan fingerprint density at radius 1 is 1.18 bits per heavy atom. The van der Waals surface area contributed by atoms with E-state index >= 15 is 0 Å². The van der Waals surface area contributed by atoms with E-state index in [9.17, 15) is 4.79 Å². The number of furan rings is 1. The highest BCUT2D eigenvalue weighted by Gasteiger charge is 2.23. The summed E-state index contributed by atoms with van der Waals surface area (Å²) in [5.41, 5.74) is 1.34. The first-order valence-electron chi connectivity index (χ1n) is 6.95. The second kappa shape index (κ2) is 6.28. The lowest BCUT2D eigenvalue weighted by atomic mass is 10.1. The summed E-state index contributed by atoms with van der Waals surface area (Å²) in [7, 11) is 1.47. The molecule has 0 N–H and O–H groups in total. The summed E-state index contributed by atoms with van der Waals surface area (Å²) >= 11 is 0. The fourth-order valence-corrected chi connectivity index (χ4v) is 3.74. The number of methoxy groups -OCH3 is 1. The van der Waals surface area contributed by atoms with Gasteiger partial charge in [0.1, 0.15) is 17.6 Å². The molecule has 0 spiro atoms. The molecule has 112 valence electrons. The van der Waals surface area contributed by atoms with Crippen molar-refractivity contribution >= 4 is 27.6 Å². The van der Waals surface area contributed by atoms with E-state index < -0.39 is 0 Å². The van der Waals surface area contributed by atoms with Gasteiger partial charge in [0.2, 0.25) is 5.78 Å². The summed E-state index contributed by atoms with van der Waals surface area (Å²) in [4.78, 5) is 13.9. The maximum atomic E-state index is 12.7. The molecule has 0 aliphatic carbocycles. The third-order valence-electron chi connectivity index (χ3n) is 3.57. The van der Waals surface area contributed by atoms with Crippen LogP contribution in [0, 0.1) is 0 Å². The number of benzene rings is 2. The summed E-state index contributed by atoms with van der Waals surface area (Å²) < 4.78 is 10.7. The van der Waals surface area contributed by atoms with E-state index in [1.807, 2.05) is 24.3 Å². The Hall–Kier alpha value is -2.20. The first-order chi connectivity index (χ1) is 10.7. The monoisotopic (exact) mass is 313 g/mol. The van der Waals surface area contributed by atoms with Crippen LogP contribution in [0.2, 0.25) is 0 Å². The molecule has 4 heteroatoms. The molecule has 0 bridgehead atoms. The van der Waals surface area contributed by atoms with E-state index in [-0.39, 0.29) is 16.7 Å². The molecule has 0 saturated carbocycles. The highest BCUT2D eigenvalue weighted by Crippen LogP contribution is 2.27. The molecule has 0 amide bonds. The molecule has 1 atom stereocenters. The zero-order chi connectivity index (χ0) is 15.5. The predicted molar refractivity (Wildman–Crippen MR) is 90.0 cm³/mol. The minimum Gasteiger partial charge on any atom is -0.497 e. The Balaban J connectivity index is 1.90. The largest absolute Gasteiger partial charge is 0.497 e. The lowest BCUT2D eigenvalue weighted by Crippen LogP contribution is -2.16. The van der Waals surface area contributed by atoms with Gasteiger partial charge < -0.3 is 9.15 Å². The van der Waals surface area contributed by atoms with E-state index in [1.54, 1.807) is 25.5 Å². The molecule has 2 aromatic carbocycles. The van der Waals surface area contributed by atoms with Gasteiger partial charge in [-0.05, 0) is 24.3 Å². The molecular weight excluding hydrogens is 296 g/mol. The number of hydrogen-bond acceptors (Lipinski definition) is 3. The Bertz CT molecular complexity index is 792.